The van der Waals surface area contributed by atoms with Crippen molar-refractivity contribution in [3.8, 4) is 0 Å². The lowest BCUT2D eigenvalue weighted by Crippen LogP contribution is -2.25. The molecule has 0 radical (unpaired) electrons. The van der Waals surface area contributed by atoms with Crippen LogP contribution in [0.15, 0.2) is 42.5 Å². The van der Waals surface area contributed by atoms with E-state index in [2.05, 4.69) is 63.2 Å². The molecule has 0 nitrogen and oxygen atoms in total. The van der Waals surface area contributed by atoms with Crippen molar-refractivity contribution in [2.75, 3.05) is 0 Å². The van der Waals surface area contributed by atoms with Crippen LogP contribution in [0, 0.1) is 13.8 Å². The van der Waals surface area contributed by atoms with Gasteiger partial charge in [-0.25, -0.2) is 0 Å². The van der Waals surface area contributed by atoms with Gasteiger partial charge < -0.3 is 0 Å². The Bertz CT molecular complexity index is 645. The van der Waals surface area contributed by atoms with E-state index in [1.165, 1.54) is 54.4 Å². The summed E-state index contributed by atoms with van der Waals surface area (Å²) >= 11 is 0. The molecule has 3 rings (SSSR count). The first-order valence-electron chi connectivity index (χ1n) is 8.72. The number of rotatable bonds is 3. The molecule has 2 aromatic rings. The highest BCUT2D eigenvalue weighted by atomic mass is 14.3. The van der Waals surface area contributed by atoms with Gasteiger partial charge in [-0.3, -0.25) is 0 Å². The molecule has 1 fully saturated rings. The van der Waals surface area contributed by atoms with Gasteiger partial charge in [0, 0.05) is 0 Å². The van der Waals surface area contributed by atoms with Crippen molar-refractivity contribution in [2.24, 2.45) is 0 Å². The Hall–Kier alpha value is -1.56. The second-order valence-corrected chi connectivity index (χ2v) is 7.49. The molecule has 0 atom stereocenters. The van der Waals surface area contributed by atoms with Crippen LogP contribution in [0.2, 0.25) is 0 Å². The molecular weight excluding hydrogens is 264 g/mol. The van der Waals surface area contributed by atoms with Crippen LogP contribution in [0.4, 0.5) is 0 Å². The second kappa shape index (κ2) is 6.28. The minimum atomic E-state index is 0.394. The molecule has 0 heteroatoms. The lowest BCUT2D eigenvalue weighted by Gasteiger charge is -2.34. The van der Waals surface area contributed by atoms with Crippen molar-refractivity contribution in [3.05, 3.63) is 70.3 Å². The van der Waals surface area contributed by atoms with Gasteiger partial charge in [0.1, 0.15) is 0 Å². The standard InChI is InChI=1S/C22H28/c1-17-8-7-9-19(12-17)15-20-13-18(2)14-21(16-20)22(3)10-5-4-6-11-22/h7-9,12-14,16H,4-6,10-11,15H2,1-3H3. The SMILES string of the molecule is Cc1cccc(Cc2cc(C)cc(C3(C)CCCCC3)c2)c1. The predicted octanol–water partition coefficient (Wildman–Crippen LogP) is 6.12. The van der Waals surface area contributed by atoms with E-state index in [4.69, 9.17) is 0 Å². The Morgan fingerprint density at radius 2 is 1.55 bits per heavy atom. The van der Waals surface area contributed by atoms with Crippen LogP contribution in [0.3, 0.4) is 0 Å². The van der Waals surface area contributed by atoms with Crippen molar-refractivity contribution in [1.82, 2.24) is 0 Å². The number of hydrogen-bond donors (Lipinski definition) is 0. The van der Waals surface area contributed by atoms with Gasteiger partial charge in [-0.05, 0) is 55.2 Å². The number of aryl methyl sites for hydroxylation is 2. The molecule has 0 N–H and O–H groups in total. The second-order valence-electron chi connectivity index (χ2n) is 7.49. The Morgan fingerprint density at radius 3 is 2.27 bits per heavy atom. The monoisotopic (exact) mass is 292 g/mol. The van der Waals surface area contributed by atoms with Gasteiger partial charge in [-0.1, -0.05) is 79.8 Å². The molecule has 0 unspecified atom stereocenters. The van der Waals surface area contributed by atoms with Gasteiger partial charge in [0.25, 0.3) is 0 Å². The molecule has 0 heterocycles. The molecule has 116 valence electrons. The highest BCUT2D eigenvalue weighted by molar-refractivity contribution is 5.37. The highest BCUT2D eigenvalue weighted by Gasteiger charge is 2.28. The quantitative estimate of drug-likeness (QED) is 0.639. The zero-order chi connectivity index (χ0) is 15.6. The van der Waals surface area contributed by atoms with E-state index < -0.39 is 0 Å². The van der Waals surface area contributed by atoms with E-state index in [0.29, 0.717) is 5.41 Å². The normalized spacial score (nSPS) is 17.4. The maximum Gasteiger partial charge on any atom is -0.00255 e. The van der Waals surface area contributed by atoms with Gasteiger partial charge in [-0.2, -0.15) is 0 Å². The average molecular weight is 292 g/mol. The fourth-order valence-electron chi connectivity index (χ4n) is 3.99. The fourth-order valence-corrected chi connectivity index (χ4v) is 3.99. The lowest BCUT2D eigenvalue weighted by atomic mass is 9.70. The minimum absolute atomic E-state index is 0.394. The van der Waals surface area contributed by atoms with Gasteiger partial charge >= 0.3 is 0 Å². The van der Waals surface area contributed by atoms with E-state index in [-0.39, 0.29) is 0 Å². The summed E-state index contributed by atoms with van der Waals surface area (Å²) in [6, 6.07) is 16.2. The van der Waals surface area contributed by atoms with Crippen molar-refractivity contribution in [3.63, 3.8) is 0 Å². The lowest BCUT2D eigenvalue weighted by molar-refractivity contribution is 0.319. The van der Waals surface area contributed by atoms with E-state index in [9.17, 15) is 0 Å². The topological polar surface area (TPSA) is 0 Å². The zero-order valence-corrected chi connectivity index (χ0v) is 14.3. The molecule has 0 aliphatic heterocycles. The molecule has 22 heavy (non-hydrogen) atoms. The average Bonchev–Trinajstić information content (AvgIpc) is 2.47. The van der Waals surface area contributed by atoms with Crippen molar-refractivity contribution >= 4 is 0 Å². The first-order chi connectivity index (χ1) is 10.5. The maximum atomic E-state index is 2.47. The Balaban J connectivity index is 1.89. The van der Waals surface area contributed by atoms with Gasteiger partial charge in [0.05, 0.1) is 0 Å². The van der Waals surface area contributed by atoms with Crippen LogP contribution >= 0.6 is 0 Å². The molecule has 1 aliphatic rings. The summed E-state index contributed by atoms with van der Waals surface area (Å²) in [6.45, 7) is 6.89. The van der Waals surface area contributed by atoms with Crippen LogP contribution < -0.4 is 0 Å². The highest BCUT2D eigenvalue weighted by Crippen LogP contribution is 2.39. The Kier molecular flexibility index (Phi) is 4.38. The Morgan fingerprint density at radius 1 is 0.818 bits per heavy atom. The largest absolute Gasteiger partial charge is 0.0617 e. The molecule has 1 aliphatic carbocycles. The third-order valence-electron chi connectivity index (χ3n) is 5.28. The molecule has 0 bridgehead atoms. The zero-order valence-electron chi connectivity index (χ0n) is 14.3. The Labute approximate surface area is 135 Å². The summed E-state index contributed by atoms with van der Waals surface area (Å²) in [5.41, 5.74) is 7.61. The smallest absolute Gasteiger partial charge is 0.00255 e. The minimum Gasteiger partial charge on any atom is -0.0617 e. The van der Waals surface area contributed by atoms with Crippen molar-refractivity contribution in [1.29, 1.82) is 0 Å². The fraction of sp³-hybridized carbons (Fsp3) is 0.455. The van der Waals surface area contributed by atoms with Crippen LogP contribution in [0.5, 0.6) is 0 Å². The van der Waals surface area contributed by atoms with E-state index in [1.54, 1.807) is 5.56 Å². The number of hydrogen-bond acceptors (Lipinski definition) is 0. The van der Waals surface area contributed by atoms with Gasteiger partial charge in [0.15, 0.2) is 0 Å². The number of benzene rings is 2. The van der Waals surface area contributed by atoms with Gasteiger partial charge in [0.2, 0.25) is 0 Å². The maximum absolute atomic E-state index is 2.47. The van der Waals surface area contributed by atoms with Crippen molar-refractivity contribution < 1.29 is 0 Å². The van der Waals surface area contributed by atoms with E-state index in [1.807, 2.05) is 0 Å². The molecule has 0 spiro atoms. The molecule has 0 saturated heterocycles. The van der Waals surface area contributed by atoms with Crippen LogP contribution in [0.1, 0.15) is 66.8 Å². The first-order valence-corrected chi connectivity index (χ1v) is 8.72. The summed E-state index contributed by atoms with van der Waals surface area (Å²) in [7, 11) is 0. The third kappa shape index (κ3) is 3.43. The van der Waals surface area contributed by atoms with E-state index in [0.717, 1.165) is 6.42 Å². The molecule has 1 saturated carbocycles. The van der Waals surface area contributed by atoms with Crippen LogP contribution in [0.25, 0.3) is 0 Å². The summed E-state index contributed by atoms with van der Waals surface area (Å²) < 4.78 is 0. The predicted molar refractivity (Wildman–Crippen MR) is 95.6 cm³/mol. The van der Waals surface area contributed by atoms with Crippen LogP contribution in [-0.4, -0.2) is 0 Å². The molecule has 2 aromatic carbocycles. The molecular formula is C22H28. The molecule has 0 amide bonds. The summed E-state index contributed by atoms with van der Waals surface area (Å²) in [5, 5.41) is 0. The van der Waals surface area contributed by atoms with Gasteiger partial charge in [-0.15, -0.1) is 0 Å². The summed E-state index contributed by atoms with van der Waals surface area (Å²) in [5.74, 6) is 0. The first kappa shape index (κ1) is 15.3. The third-order valence-corrected chi connectivity index (χ3v) is 5.28. The van der Waals surface area contributed by atoms with E-state index >= 15 is 0 Å². The summed E-state index contributed by atoms with van der Waals surface area (Å²) in [6.07, 6.45) is 7.93. The van der Waals surface area contributed by atoms with Crippen molar-refractivity contribution in [2.45, 2.75) is 64.7 Å². The summed E-state index contributed by atoms with van der Waals surface area (Å²) in [4.78, 5) is 0. The van der Waals surface area contributed by atoms with Crippen LogP contribution in [-0.2, 0) is 11.8 Å². The molecule has 0 aromatic heterocycles.